The van der Waals surface area contributed by atoms with Crippen LogP contribution in [-0.4, -0.2) is 26.9 Å². The van der Waals surface area contributed by atoms with Crippen molar-refractivity contribution >= 4 is 17.8 Å². The molecule has 4 rings (SSSR count). The number of carbonyl (C=O) groups is 1. The summed E-state index contributed by atoms with van der Waals surface area (Å²) in [7, 11) is 0. The van der Waals surface area contributed by atoms with E-state index in [1.807, 2.05) is 6.07 Å². The van der Waals surface area contributed by atoms with Crippen molar-refractivity contribution in [3.05, 3.63) is 47.9 Å². The van der Waals surface area contributed by atoms with Gasteiger partial charge in [0.25, 0.3) is 0 Å². The second-order valence-corrected chi connectivity index (χ2v) is 5.41. The van der Waals surface area contributed by atoms with E-state index >= 15 is 0 Å². The van der Waals surface area contributed by atoms with Crippen molar-refractivity contribution in [1.29, 1.82) is 0 Å². The van der Waals surface area contributed by atoms with E-state index in [0.717, 1.165) is 24.9 Å². The number of rotatable bonds is 4. The Hall–Kier alpha value is -2.76. The highest BCUT2D eigenvalue weighted by atomic mass is 19.1. The van der Waals surface area contributed by atoms with Gasteiger partial charge in [0.15, 0.2) is 11.9 Å². The monoisotopic (exact) mass is 296 g/mol. The van der Waals surface area contributed by atoms with Gasteiger partial charge in [-0.3, -0.25) is 4.79 Å². The average Bonchev–Trinajstić information content (AvgIpc) is 3.24. The van der Waals surface area contributed by atoms with Gasteiger partial charge in [-0.1, -0.05) is 12.1 Å². The van der Waals surface area contributed by atoms with Gasteiger partial charge in [0.1, 0.15) is 11.6 Å². The van der Waals surface area contributed by atoms with Crippen molar-refractivity contribution in [3.8, 4) is 11.3 Å². The molecule has 0 atom stereocenters. The first-order valence-corrected chi connectivity index (χ1v) is 7.11. The number of benzene rings is 1. The lowest BCUT2D eigenvalue weighted by Crippen LogP contribution is -2.08. The number of nitrogens with zero attached hydrogens (tertiary/aromatic N) is 3. The quantitative estimate of drug-likeness (QED) is 0.752. The van der Waals surface area contributed by atoms with Gasteiger partial charge in [-0.15, -0.1) is 0 Å². The average molecular weight is 296 g/mol. The van der Waals surface area contributed by atoms with Crippen LogP contribution in [0.15, 0.2) is 36.5 Å². The Balaban J connectivity index is 1.92. The van der Waals surface area contributed by atoms with Crippen LogP contribution in [0.25, 0.3) is 16.9 Å². The topological polar surface area (TPSA) is 59.3 Å². The Labute approximate surface area is 125 Å². The molecule has 0 aliphatic heterocycles. The number of aromatic nitrogens is 3. The highest BCUT2D eigenvalue weighted by Crippen LogP contribution is 2.28. The highest BCUT2D eigenvalue weighted by Gasteiger charge is 2.23. The number of fused-ring (bicyclic) bond motifs is 1. The number of anilines is 1. The third kappa shape index (κ3) is 2.22. The number of hydrogen-bond donors (Lipinski definition) is 1. The van der Waals surface area contributed by atoms with Crippen molar-refractivity contribution in [2.75, 3.05) is 5.32 Å². The summed E-state index contributed by atoms with van der Waals surface area (Å²) in [4.78, 5) is 15.6. The van der Waals surface area contributed by atoms with E-state index in [4.69, 9.17) is 0 Å². The molecule has 2 heterocycles. The van der Waals surface area contributed by atoms with E-state index in [9.17, 15) is 9.18 Å². The predicted octanol–water partition coefficient (Wildman–Crippen LogP) is 2.92. The molecule has 6 heteroatoms. The minimum absolute atomic E-state index is 0.319. The van der Waals surface area contributed by atoms with Crippen LogP contribution in [0.2, 0.25) is 0 Å². The standard InChI is InChI=1S/C16H13FN4O/c17-12-3-1-2-10(6-12)14-7-15(19-13-4-5-13)21-16(20-14)11(9-22)8-18-21/h1-3,6-9,13,19H,4-5H2. The number of aldehydes is 1. The van der Waals surface area contributed by atoms with E-state index in [-0.39, 0.29) is 5.82 Å². The largest absolute Gasteiger partial charge is 0.367 e. The van der Waals surface area contributed by atoms with Gasteiger partial charge in [0.05, 0.1) is 17.5 Å². The molecule has 0 saturated heterocycles. The third-order valence-electron chi connectivity index (χ3n) is 3.68. The third-order valence-corrected chi connectivity index (χ3v) is 3.68. The summed E-state index contributed by atoms with van der Waals surface area (Å²) in [6, 6.07) is 8.51. The van der Waals surface area contributed by atoms with E-state index < -0.39 is 0 Å². The van der Waals surface area contributed by atoms with Gasteiger partial charge in [0.2, 0.25) is 0 Å². The molecule has 0 amide bonds. The lowest BCUT2D eigenvalue weighted by atomic mass is 10.1. The summed E-state index contributed by atoms with van der Waals surface area (Å²) in [6.07, 6.45) is 4.44. The van der Waals surface area contributed by atoms with E-state index in [1.165, 1.54) is 18.3 Å². The molecular formula is C16H13FN4O. The number of nitrogens with one attached hydrogen (secondary N) is 1. The maximum atomic E-state index is 13.5. The molecule has 1 aliphatic carbocycles. The van der Waals surface area contributed by atoms with Gasteiger partial charge >= 0.3 is 0 Å². The second-order valence-electron chi connectivity index (χ2n) is 5.41. The highest BCUT2D eigenvalue weighted by molar-refractivity contribution is 5.85. The maximum absolute atomic E-state index is 13.5. The number of halogens is 1. The molecule has 1 aliphatic rings. The molecule has 2 aromatic heterocycles. The van der Waals surface area contributed by atoms with Crippen molar-refractivity contribution in [3.63, 3.8) is 0 Å². The van der Waals surface area contributed by atoms with Gasteiger partial charge in [-0.05, 0) is 25.0 Å². The molecule has 5 nitrogen and oxygen atoms in total. The summed E-state index contributed by atoms with van der Waals surface area (Å²) < 4.78 is 15.1. The molecule has 1 saturated carbocycles. The van der Waals surface area contributed by atoms with Crippen LogP contribution in [0.3, 0.4) is 0 Å². The zero-order valence-electron chi connectivity index (χ0n) is 11.7. The zero-order chi connectivity index (χ0) is 15.1. The number of carbonyl (C=O) groups excluding carboxylic acids is 1. The molecule has 0 bridgehead atoms. The summed E-state index contributed by atoms with van der Waals surface area (Å²) in [5.74, 6) is 0.444. The zero-order valence-corrected chi connectivity index (χ0v) is 11.7. The lowest BCUT2D eigenvalue weighted by molar-refractivity contribution is 0.112. The van der Waals surface area contributed by atoms with Crippen LogP contribution in [0.4, 0.5) is 10.2 Å². The van der Waals surface area contributed by atoms with Gasteiger partial charge in [-0.25, -0.2) is 9.37 Å². The predicted molar refractivity (Wildman–Crippen MR) is 80.4 cm³/mol. The molecule has 3 aromatic rings. The molecule has 1 N–H and O–H groups in total. The summed E-state index contributed by atoms with van der Waals surface area (Å²) in [5, 5.41) is 7.58. The fourth-order valence-electron chi connectivity index (χ4n) is 2.40. The molecule has 1 aromatic carbocycles. The Bertz CT molecular complexity index is 870. The molecular weight excluding hydrogens is 283 g/mol. The van der Waals surface area contributed by atoms with Crippen molar-refractivity contribution < 1.29 is 9.18 Å². The Kier molecular flexibility index (Phi) is 2.89. The van der Waals surface area contributed by atoms with E-state index in [0.29, 0.717) is 28.5 Å². The van der Waals surface area contributed by atoms with Crippen molar-refractivity contribution in [1.82, 2.24) is 14.6 Å². The fraction of sp³-hybridized carbons (Fsp3) is 0.188. The first-order chi connectivity index (χ1) is 10.7. The van der Waals surface area contributed by atoms with Crippen LogP contribution in [0.1, 0.15) is 23.2 Å². The smallest absolute Gasteiger partial charge is 0.168 e. The van der Waals surface area contributed by atoms with Crippen LogP contribution in [-0.2, 0) is 0 Å². The van der Waals surface area contributed by atoms with Gasteiger partial charge in [0, 0.05) is 17.7 Å². The minimum Gasteiger partial charge on any atom is -0.367 e. The summed E-state index contributed by atoms with van der Waals surface area (Å²) in [5.41, 5.74) is 2.16. The molecule has 22 heavy (non-hydrogen) atoms. The van der Waals surface area contributed by atoms with E-state index in [2.05, 4.69) is 15.4 Å². The maximum Gasteiger partial charge on any atom is 0.168 e. The van der Waals surface area contributed by atoms with Crippen LogP contribution < -0.4 is 5.32 Å². The Morgan fingerprint density at radius 1 is 1.32 bits per heavy atom. The van der Waals surface area contributed by atoms with Crippen molar-refractivity contribution in [2.24, 2.45) is 0 Å². The number of hydrogen-bond acceptors (Lipinski definition) is 4. The van der Waals surface area contributed by atoms with Crippen LogP contribution >= 0.6 is 0 Å². The molecule has 110 valence electrons. The Morgan fingerprint density at radius 3 is 2.91 bits per heavy atom. The molecule has 0 unspecified atom stereocenters. The van der Waals surface area contributed by atoms with E-state index in [1.54, 1.807) is 16.6 Å². The second kappa shape index (κ2) is 4.91. The Morgan fingerprint density at radius 2 is 2.18 bits per heavy atom. The summed E-state index contributed by atoms with van der Waals surface area (Å²) >= 11 is 0. The van der Waals surface area contributed by atoms with Gasteiger partial charge in [-0.2, -0.15) is 9.61 Å². The fourth-order valence-corrected chi connectivity index (χ4v) is 2.40. The summed E-state index contributed by atoms with van der Waals surface area (Å²) in [6.45, 7) is 0. The van der Waals surface area contributed by atoms with Crippen molar-refractivity contribution in [2.45, 2.75) is 18.9 Å². The first-order valence-electron chi connectivity index (χ1n) is 7.11. The molecule has 1 fully saturated rings. The van der Waals surface area contributed by atoms with Crippen LogP contribution in [0, 0.1) is 5.82 Å². The van der Waals surface area contributed by atoms with Crippen LogP contribution in [0.5, 0.6) is 0 Å². The SMILES string of the molecule is O=Cc1cnn2c(NC3CC3)cc(-c3cccc(F)c3)nc12. The van der Waals surface area contributed by atoms with Gasteiger partial charge < -0.3 is 5.32 Å². The first kappa shape index (κ1) is 12.9. The normalized spacial score (nSPS) is 14.2. The lowest BCUT2D eigenvalue weighted by Gasteiger charge is -2.10. The molecule has 0 radical (unpaired) electrons. The molecule has 0 spiro atoms. The minimum atomic E-state index is -0.319.